The van der Waals surface area contributed by atoms with E-state index in [1.165, 1.54) is 16.2 Å². The average Bonchev–Trinajstić information content (AvgIpc) is 3.55. The van der Waals surface area contributed by atoms with E-state index in [-0.39, 0.29) is 46.9 Å². The second kappa shape index (κ2) is 11.2. The Bertz CT molecular complexity index is 1760. The molecule has 0 unspecified atom stereocenters. The highest BCUT2D eigenvalue weighted by Crippen LogP contribution is 2.44. The summed E-state index contributed by atoms with van der Waals surface area (Å²) in [5.41, 5.74) is 1.12. The van der Waals surface area contributed by atoms with Crippen LogP contribution in [0.2, 0.25) is 18.1 Å². The van der Waals surface area contributed by atoms with Crippen molar-refractivity contribution in [2.75, 3.05) is 13.2 Å². The number of carbonyl (C=O) groups is 1. The first-order valence-corrected chi connectivity index (χ1v) is 17.9. The van der Waals surface area contributed by atoms with Gasteiger partial charge in [-0.3, -0.25) is 14.4 Å². The molecular formula is C30H36F2N4O5SSi. The quantitative estimate of drug-likeness (QED) is 0.208. The first-order chi connectivity index (χ1) is 20.1. The smallest absolute Gasteiger partial charge is 0.407 e. The normalized spacial score (nSPS) is 16.4. The fourth-order valence-corrected chi connectivity index (χ4v) is 7.56. The van der Waals surface area contributed by atoms with E-state index in [9.17, 15) is 19.1 Å². The molecule has 0 spiro atoms. The van der Waals surface area contributed by atoms with E-state index in [1.54, 1.807) is 29.1 Å². The Morgan fingerprint density at radius 3 is 2.63 bits per heavy atom. The molecule has 0 fully saturated rings. The van der Waals surface area contributed by atoms with Gasteiger partial charge in [-0.15, -0.1) is 11.3 Å². The highest BCUT2D eigenvalue weighted by atomic mass is 32.1. The number of ether oxygens (including phenoxy) is 1. The number of rotatable bonds is 7. The number of benzene rings is 1. The molecule has 13 heteroatoms. The maximum atomic E-state index is 15.9. The highest BCUT2D eigenvalue weighted by molar-refractivity contribution is 7.17. The number of carboxylic acid groups (broad SMARTS) is 1. The van der Waals surface area contributed by atoms with Gasteiger partial charge in [-0.1, -0.05) is 20.8 Å². The fraction of sp³-hybridized carbons (Fsp3) is 0.433. The van der Waals surface area contributed by atoms with Gasteiger partial charge in [0.2, 0.25) is 0 Å². The molecule has 2 N–H and O–H groups in total. The van der Waals surface area contributed by atoms with Gasteiger partial charge in [0.15, 0.2) is 8.32 Å². The van der Waals surface area contributed by atoms with E-state index < -0.39 is 32.1 Å². The van der Waals surface area contributed by atoms with E-state index in [4.69, 9.17) is 9.16 Å². The molecule has 0 aliphatic carbocycles. The third-order valence-corrected chi connectivity index (χ3v) is 14.0. The summed E-state index contributed by atoms with van der Waals surface area (Å²) in [7, 11) is -2.13. The molecular weight excluding hydrogens is 595 g/mol. The van der Waals surface area contributed by atoms with Crippen molar-refractivity contribution in [3.8, 4) is 28.3 Å². The Morgan fingerprint density at radius 1 is 1.23 bits per heavy atom. The summed E-state index contributed by atoms with van der Waals surface area (Å²) in [5, 5.41) is 16.3. The van der Waals surface area contributed by atoms with Crippen molar-refractivity contribution in [1.82, 2.24) is 19.7 Å². The molecule has 0 saturated heterocycles. The van der Waals surface area contributed by atoms with Crippen molar-refractivity contribution >= 4 is 35.8 Å². The maximum absolute atomic E-state index is 15.9. The highest BCUT2D eigenvalue weighted by Gasteiger charge is 2.38. The van der Waals surface area contributed by atoms with Crippen LogP contribution < -0.4 is 10.3 Å². The number of hydrogen-bond acceptors (Lipinski definition) is 6. The van der Waals surface area contributed by atoms with E-state index in [1.807, 2.05) is 6.92 Å². The molecule has 1 aliphatic heterocycles. The summed E-state index contributed by atoms with van der Waals surface area (Å²) < 4.78 is 45.2. The SMILES string of the molecule is C[C@H](COc1cc(F)cc(F)c1-c1c(-c2cc3n(n2)CCN(C(=O)O)[C@H]3C)[nH]c(=O)c2ccsc12)O[Si](C)(C)C(C)(C)C. The number of nitrogens with one attached hydrogen (secondary N) is 1. The predicted octanol–water partition coefficient (Wildman–Crippen LogP) is 7.24. The largest absolute Gasteiger partial charge is 0.490 e. The molecule has 4 heterocycles. The Hall–Kier alpha value is -3.55. The zero-order chi connectivity index (χ0) is 31.4. The number of nitrogens with zero attached hydrogens (tertiary/aromatic N) is 3. The van der Waals surface area contributed by atoms with Crippen molar-refractivity contribution < 1.29 is 27.8 Å². The number of pyridine rings is 1. The molecule has 1 amide bonds. The molecule has 230 valence electrons. The lowest BCUT2D eigenvalue weighted by Crippen LogP contribution is -2.44. The van der Waals surface area contributed by atoms with Crippen molar-refractivity contribution in [1.29, 1.82) is 0 Å². The summed E-state index contributed by atoms with van der Waals surface area (Å²) in [4.78, 5) is 29.1. The number of thiophene rings is 1. The lowest BCUT2D eigenvalue weighted by molar-refractivity contribution is 0.113. The summed E-state index contributed by atoms with van der Waals surface area (Å²) in [6, 6.07) is 4.78. The van der Waals surface area contributed by atoms with Crippen LogP contribution in [0.5, 0.6) is 5.75 Å². The standard InChI is InChI=1S/C30H36F2N4O5SSi/c1-16(41-43(6,7)30(3,4)5)15-40-23-13-18(31)12-20(32)24(23)25-26(33-28(37)19-8-11-42-27(19)25)21-14-22-17(2)35(29(38)39)9-10-36(22)34-21/h8,11-14,16-17H,9-10,15H2,1-7H3,(H,33,37)(H,38,39)/t16-,17+/m1/s1. The molecule has 0 bridgehead atoms. The molecule has 3 aromatic heterocycles. The molecule has 0 saturated carbocycles. The van der Waals surface area contributed by atoms with E-state index in [0.29, 0.717) is 33.6 Å². The number of aromatic amines is 1. The number of amides is 1. The first kappa shape index (κ1) is 30.9. The van der Waals surface area contributed by atoms with Gasteiger partial charge in [0.05, 0.1) is 45.7 Å². The predicted molar refractivity (Wildman–Crippen MR) is 165 cm³/mol. The number of aromatic nitrogens is 3. The molecule has 0 radical (unpaired) electrons. The Kier molecular flexibility index (Phi) is 8.03. The van der Waals surface area contributed by atoms with Gasteiger partial charge in [-0.05, 0) is 49.5 Å². The van der Waals surface area contributed by atoms with E-state index in [0.717, 1.165) is 12.1 Å². The molecule has 9 nitrogen and oxygen atoms in total. The minimum absolute atomic E-state index is 0.00851. The third-order valence-electron chi connectivity index (χ3n) is 8.43. The monoisotopic (exact) mass is 630 g/mol. The number of hydrogen-bond donors (Lipinski definition) is 2. The first-order valence-electron chi connectivity index (χ1n) is 14.1. The van der Waals surface area contributed by atoms with Crippen LogP contribution in [0, 0.1) is 11.6 Å². The maximum Gasteiger partial charge on any atom is 0.407 e. The summed E-state index contributed by atoms with van der Waals surface area (Å²) in [5.74, 6) is -1.69. The van der Waals surface area contributed by atoms with Crippen LogP contribution in [0.15, 0.2) is 34.4 Å². The lowest BCUT2D eigenvalue weighted by Gasteiger charge is -2.38. The van der Waals surface area contributed by atoms with Gasteiger partial charge in [0.25, 0.3) is 5.56 Å². The third kappa shape index (κ3) is 5.73. The molecule has 5 rings (SSSR count). The Morgan fingerprint density at radius 2 is 1.95 bits per heavy atom. The molecule has 4 aromatic rings. The molecule has 1 aromatic carbocycles. The summed E-state index contributed by atoms with van der Waals surface area (Å²) >= 11 is 1.25. The zero-order valence-corrected chi connectivity index (χ0v) is 27.1. The van der Waals surface area contributed by atoms with Crippen LogP contribution in [0.3, 0.4) is 0 Å². The Labute approximate surface area is 253 Å². The van der Waals surface area contributed by atoms with Gasteiger partial charge < -0.3 is 19.3 Å². The van der Waals surface area contributed by atoms with Gasteiger partial charge in [-0.25, -0.2) is 13.6 Å². The minimum atomic E-state index is -2.13. The van der Waals surface area contributed by atoms with Crippen molar-refractivity contribution in [3.63, 3.8) is 0 Å². The van der Waals surface area contributed by atoms with Crippen molar-refractivity contribution in [2.24, 2.45) is 0 Å². The van der Waals surface area contributed by atoms with Crippen LogP contribution in [0.25, 0.3) is 32.6 Å². The van der Waals surface area contributed by atoms with Crippen LogP contribution >= 0.6 is 11.3 Å². The Balaban J connectivity index is 1.63. The van der Waals surface area contributed by atoms with Gasteiger partial charge >= 0.3 is 6.09 Å². The number of halogens is 2. The average molecular weight is 631 g/mol. The van der Waals surface area contributed by atoms with Crippen LogP contribution in [-0.2, 0) is 11.0 Å². The van der Waals surface area contributed by atoms with Gasteiger partial charge in [0, 0.05) is 24.2 Å². The summed E-state index contributed by atoms with van der Waals surface area (Å²) in [6.45, 7) is 14.9. The van der Waals surface area contributed by atoms with Crippen molar-refractivity contribution in [3.05, 3.63) is 57.3 Å². The molecule has 1 aliphatic rings. The molecule has 43 heavy (non-hydrogen) atoms. The van der Waals surface area contributed by atoms with Gasteiger partial charge in [0.1, 0.15) is 29.7 Å². The molecule has 2 atom stereocenters. The number of fused-ring (bicyclic) bond motifs is 2. The van der Waals surface area contributed by atoms with Crippen molar-refractivity contribution in [2.45, 2.75) is 71.4 Å². The lowest BCUT2D eigenvalue weighted by atomic mass is 9.98. The van der Waals surface area contributed by atoms with Crippen LogP contribution in [-0.4, -0.2) is 58.4 Å². The fourth-order valence-electron chi connectivity index (χ4n) is 5.18. The van der Waals surface area contributed by atoms with Crippen LogP contribution in [0.1, 0.15) is 46.4 Å². The second-order valence-corrected chi connectivity index (χ2v) is 18.1. The van der Waals surface area contributed by atoms with Gasteiger partial charge in [-0.2, -0.15) is 5.10 Å². The van der Waals surface area contributed by atoms with E-state index in [2.05, 4.69) is 43.9 Å². The zero-order valence-electron chi connectivity index (χ0n) is 25.2. The van der Waals surface area contributed by atoms with E-state index >= 15 is 4.39 Å². The minimum Gasteiger partial charge on any atom is -0.490 e. The number of H-pyrrole nitrogens is 1. The van der Waals surface area contributed by atoms with Crippen LogP contribution in [0.4, 0.5) is 13.6 Å². The topological polar surface area (TPSA) is 110 Å². The summed E-state index contributed by atoms with van der Waals surface area (Å²) in [6.07, 6.45) is -1.40. The second-order valence-electron chi connectivity index (χ2n) is 12.5.